The molecule has 0 spiro atoms. The number of carbonyl (C=O) groups is 3. The van der Waals surface area contributed by atoms with Crippen molar-refractivity contribution in [2.75, 3.05) is 6.61 Å². The summed E-state index contributed by atoms with van der Waals surface area (Å²) in [7, 11) is 0. The largest absolute Gasteiger partial charge is 0.490 e. The van der Waals surface area contributed by atoms with Crippen molar-refractivity contribution in [3.8, 4) is 11.5 Å². The summed E-state index contributed by atoms with van der Waals surface area (Å²) in [4.78, 5) is 34.0. The minimum atomic E-state index is -3.06. The Morgan fingerprint density at radius 3 is 2.46 bits per heavy atom. The molecule has 3 amide bonds. The standard InChI is InChI=1S/C14H16F2N2O6/c1-3-22-10-6-8(4-5-9(10)24-13(15)16)12(20)23-7(2)11(19)18-14(17)21/h4-7,13H,3H2,1-2H3,(H3,17,18,19,21)/t7-/m1/s1. The van der Waals surface area contributed by atoms with Crippen LogP contribution in [0.15, 0.2) is 18.2 Å². The van der Waals surface area contributed by atoms with Gasteiger partial charge in [-0.1, -0.05) is 0 Å². The van der Waals surface area contributed by atoms with E-state index in [0.717, 1.165) is 12.1 Å². The summed E-state index contributed by atoms with van der Waals surface area (Å²) in [6.07, 6.45) is -1.29. The van der Waals surface area contributed by atoms with Gasteiger partial charge >= 0.3 is 18.6 Å². The van der Waals surface area contributed by atoms with Gasteiger partial charge in [-0.2, -0.15) is 8.78 Å². The SMILES string of the molecule is CCOc1cc(C(=O)O[C@H](C)C(=O)NC(N)=O)ccc1OC(F)F. The third-order valence-electron chi connectivity index (χ3n) is 2.59. The molecule has 0 aromatic heterocycles. The second-order valence-corrected chi connectivity index (χ2v) is 4.37. The van der Waals surface area contributed by atoms with Gasteiger partial charge in [-0.15, -0.1) is 0 Å². The van der Waals surface area contributed by atoms with Gasteiger partial charge in [0, 0.05) is 0 Å². The highest BCUT2D eigenvalue weighted by Crippen LogP contribution is 2.30. The van der Waals surface area contributed by atoms with E-state index in [1.807, 2.05) is 0 Å². The van der Waals surface area contributed by atoms with Crippen LogP contribution in [0.3, 0.4) is 0 Å². The summed E-state index contributed by atoms with van der Waals surface area (Å²) in [6.45, 7) is -0.0592. The molecule has 1 aromatic carbocycles. The average molecular weight is 346 g/mol. The molecular weight excluding hydrogens is 330 g/mol. The summed E-state index contributed by atoms with van der Waals surface area (Å²) in [6, 6.07) is 2.33. The third-order valence-corrected chi connectivity index (χ3v) is 2.59. The molecule has 0 bridgehead atoms. The van der Waals surface area contributed by atoms with Crippen molar-refractivity contribution in [2.45, 2.75) is 26.6 Å². The minimum absolute atomic E-state index is 0.0567. The molecule has 0 aliphatic heterocycles. The predicted molar refractivity (Wildman–Crippen MR) is 76.8 cm³/mol. The summed E-state index contributed by atoms with van der Waals surface area (Å²) >= 11 is 0. The Morgan fingerprint density at radius 2 is 1.92 bits per heavy atom. The number of urea groups is 1. The van der Waals surface area contributed by atoms with Gasteiger partial charge in [0.1, 0.15) is 0 Å². The number of nitrogens with two attached hydrogens (primary N) is 1. The quantitative estimate of drug-likeness (QED) is 0.721. The molecule has 3 N–H and O–H groups in total. The van der Waals surface area contributed by atoms with Crippen molar-refractivity contribution in [3.63, 3.8) is 0 Å². The Labute approximate surface area is 135 Å². The maximum absolute atomic E-state index is 12.3. The van der Waals surface area contributed by atoms with Crippen LogP contribution in [-0.4, -0.2) is 37.2 Å². The van der Waals surface area contributed by atoms with Gasteiger partial charge in [-0.25, -0.2) is 9.59 Å². The number of carbonyl (C=O) groups excluding carboxylic acids is 3. The lowest BCUT2D eigenvalue weighted by Gasteiger charge is -2.14. The molecule has 0 unspecified atom stereocenters. The van der Waals surface area contributed by atoms with Gasteiger partial charge < -0.3 is 19.9 Å². The van der Waals surface area contributed by atoms with E-state index < -0.39 is 30.6 Å². The van der Waals surface area contributed by atoms with E-state index in [0.29, 0.717) is 0 Å². The fraction of sp³-hybridized carbons (Fsp3) is 0.357. The van der Waals surface area contributed by atoms with E-state index in [1.165, 1.54) is 13.0 Å². The van der Waals surface area contributed by atoms with Gasteiger partial charge in [-0.05, 0) is 32.0 Å². The van der Waals surface area contributed by atoms with Crippen LogP contribution in [0.2, 0.25) is 0 Å². The number of imide groups is 1. The van der Waals surface area contributed by atoms with E-state index in [4.69, 9.17) is 15.2 Å². The average Bonchev–Trinajstić information content (AvgIpc) is 2.47. The van der Waals surface area contributed by atoms with Crippen LogP contribution in [0.4, 0.5) is 13.6 Å². The topological polar surface area (TPSA) is 117 Å². The number of esters is 1. The molecule has 24 heavy (non-hydrogen) atoms. The lowest BCUT2D eigenvalue weighted by atomic mass is 10.2. The maximum atomic E-state index is 12.3. The molecule has 0 saturated carbocycles. The molecule has 132 valence electrons. The number of hydrogen-bond donors (Lipinski definition) is 2. The highest BCUT2D eigenvalue weighted by molar-refractivity contribution is 5.98. The Hall–Kier alpha value is -2.91. The second-order valence-electron chi connectivity index (χ2n) is 4.37. The Morgan fingerprint density at radius 1 is 1.25 bits per heavy atom. The highest BCUT2D eigenvalue weighted by Gasteiger charge is 2.21. The van der Waals surface area contributed by atoms with Crippen molar-refractivity contribution in [3.05, 3.63) is 23.8 Å². The molecule has 0 radical (unpaired) electrons. The summed E-state index contributed by atoms with van der Waals surface area (Å²) < 4.78 is 38.9. The van der Waals surface area contributed by atoms with Crippen molar-refractivity contribution < 1.29 is 37.4 Å². The van der Waals surface area contributed by atoms with E-state index in [9.17, 15) is 23.2 Å². The molecule has 0 aliphatic carbocycles. The van der Waals surface area contributed by atoms with Crippen molar-refractivity contribution >= 4 is 17.9 Å². The number of alkyl halides is 2. The molecule has 0 fully saturated rings. The number of nitrogens with one attached hydrogen (secondary N) is 1. The smallest absolute Gasteiger partial charge is 0.387 e. The number of amides is 3. The third kappa shape index (κ3) is 5.71. The fourth-order valence-corrected chi connectivity index (χ4v) is 1.60. The molecule has 10 heteroatoms. The molecule has 1 aromatic rings. The lowest BCUT2D eigenvalue weighted by molar-refractivity contribution is -0.127. The molecule has 1 rings (SSSR count). The number of halogens is 2. The first kappa shape index (κ1) is 19.1. The van der Waals surface area contributed by atoms with E-state index in [1.54, 1.807) is 12.2 Å². The van der Waals surface area contributed by atoms with Crippen molar-refractivity contribution in [2.24, 2.45) is 5.73 Å². The van der Waals surface area contributed by atoms with Gasteiger partial charge in [0.2, 0.25) is 0 Å². The number of rotatable bonds is 7. The normalized spacial score (nSPS) is 11.5. The van der Waals surface area contributed by atoms with E-state index in [-0.39, 0.29) is 23.7 Å². The van der Waals surface area contributed by atoms with Crippen LogP contribution in [0.1, 0.15) is 24.2 Å². The maximum Gasteiger partial charge on any atom is 0.387 e. The van der Waals surface area contributed by atoms with E-state index in [2.05, 4.69) is 4.74 Å². The lowest BCUT2D eigenvalue weighted by Crippen LogP contribution is -2.42. The molecular formula is C14H16F2N2O6. The van der Waals surface area contributed by atoms with Crippen LogP contribution in [0.25, 0.3) is 0 Å². The first-order valence-electron chi connectivity index (χ1n) is 6.77. The summed E-state index contributed by atoms with van der Waals surface area (Å²) in [5.74, 6) is -2.16. The minimum Gasteiger partial charge on any atom is -0.490 e. The Kier molecular flexibility index (Phi) is 6.90. The van der Waals surface area contributed by atoms with Gasteiger partial charge in [0.25, 0.3) is 5.91 Å². The van der Waals surface area contributed by atoms with Gasteiger partial charge in [-0.3, -0.25) is 10.1 Å². The second kappa shape index (κ2) is 8.65. The zero-order valence-corrected chi connectivity index (χ0v) is 12.9. The van der Waals surface area contributed by atoms with E-state index >= 15 is 0 Å². The molecule has 1 atom stereocenters. The fourth-order valence-electron chi connectivity index (χ4n) is 1.60. The van der Waals surface area contributed by atoms with Crippen LogP contribution >= 0.6 is 0 Å². The first-order valence-corrected chi connectivity index (χ1v) is 6.77. The number of ether oxygens (including phenoxy) is 3. The number of benzene rings is 1. The predicted octanol–water partition coefficient (Wildman–Crippen LogP) is 1.43. The number of hydrogen-bond acceptors (Lipinski definition) is 6. The van der Waals surface area contributed by atoms with Crippen molar-refractivity contribution in [1.82, 2.24) is 5.32 Å². The van der Waals surface area contributed by atoms with Gasteiger partial charge in [0.05, 0.1) is 12.2 Å². The zero-order chi connectivity index (χ0) is 18.3. The van der Waals surface area contributed by atoms with Crippen molar-refractivity contribution in [1.29, 1.82) is 0 Å². The van der Waals surface area contributed by atoms with Gasteiger partial charge in [0.15, 0.2) is 17.6 Å². The zero-order valence-electron chi connectivity index (χ0n) is 12.9. The van der Waals surface area contributed by atoms with Crippen LogP contribution in [-0.2, 0) is 9.53 Å². The summed E-state index contributed by atoms with van der Waals surface area (Å²) in [5, 5.41) is 1.76. The highest BCUT2D eigenvalue weighted by atomic mass is 19.3. The molecule has 8 nitrogen and oxygen atoms in total. The molecule has 0 heterocycles. The first-order chi connectivity index (χ1) is 11.2. The Balaban J connectivity index is 2.88. The monoisotopic (exact) mass is 346 g/mol. The molecule has 0 saturated heterocycles. The molecule has 0 aliphatic rings. The Bertz CT molecular complexity index is 623. The summed E-state index contributed by atoms with van der Waals surface area (Å²) in [5.41, 5.74) is 4.72. The van der Waals surface area contributed by atoms with Crippen LogP contribution < -0.4 is 20.5 Å². The van der Waals surface area contributed by atoms with Crippen LogP contribution in [0.5, 0.6) is 11.5 Å². The van der Waals surface area contributed by atoms with Crippen LogP contribution in [0, 0.1) is 0 Å². The number of primary amides is 1.